The molecule has 1 aliphatic heterocycles. The summed E-state index contributed by atoms with van der Waals surface area (Å²) in [6, 6.07) is 3.85. The highest BCUT2D eigenvalue weighted by Gasteiger charge is 2.38. The Labute approximate surface area is 145 Å². The van der Waals surface area contributed by atoms with Crippen molar-refractivity contribution in [2.75, 3.05) is 12.3 Å². The van der Waals surface area contributed by atoms with Crippen molar-refractivity contribution in [3.63, 3.8) is 0 Å². The third kappa shape index (κ3) is 3.23. The quantitative estimate of drug-likeness (QED) is 0.837. The molecule has 1 aliphatic rings. The fourth-order valence-corrected chi connectivity index (χ4v) is 3.88. The highest BCUT2D eigenvalue weighted by molar-refractivity contribution is 6.74. The third-order valence-corrected chi connectivity index (χ3v) is 9.98. The number of hydrogen-bond acceptors (Lipinski definition) is 4. The molecule has 0 unspecified atom stereocenters. The van der Waals surface area contributed by atoms with Crippen LogP contribution in [0.2, 0.25) is 18.1 Å². The van der Waals surface area contributed by atoms with E-state index in [0.717, 1.165) is 29.6 Å². The second kappa shape index (κ2) is 6.17. The number of nitrogens with zero attached hydrogens (tertiary/aromatic N) is 2. The predicted octanol–water partition coefficient (Wildman–Crippen LogP) is 4.32. The number of aromatic nitrogens is 2. The molecule has 2 aromatic heterocycles. The van der Waals surface area contributed by atoms with E-state index in [4.69, 9.17) is 14.9 Å². The van der Waals surface area contributed by atoms with Gasteiger partial charge in [0.1, 0.15) is 11.9 Å². The molecule has 0 saturated carbocycles. The zero-order valence-electron chi connectivity index (χ0n) is 15.4. The molecule has 0 amide bonds. The largest absolute Gasteiger partial charge is 0.414 e. The summed E-state index contributed by atoms with van der Waals surface area (Å²) in [5, 5.41) is 1.21. The normalized spacial score (nSPS) is 22.4. The monoisotopic (exact) mass is 347 g/mol. The van der Waals surface area contributed by atoms with Gasteiger partial charge in [0, 0.05) is 23.5 Å². The summed E-state index contributed by atoms with van der Waals surface area (Å²) in [5.41, 5.74) is 7.68. The van der Waals surface area contributed by atoms with E-state index in [9.17, 15) is 0 Å². The molecule has 24 heavy (non-hydrogen) atoms. The SMILES string of the molecule is CC(C)(C)[Si](C)(C)OC[C@@H]1CC[C@@H](n2ccc3c(N)ccnc32)O1. The molecule has 3 heterocycles. The lowest BCUT2D eigenvalue weighted by Gasteiger charge is -2.36. The Morgan fingerprint density at radius 3 is 2.79 bits per heavy atom. The van der Waals surface area contributed by atoms with Gasteiger partial charge in [-0.25, -0.2) is 4.98 Å². The maximum absolute atomic E-state index is 6.32. The molecule has 1 saturated heterocycles. The van der Waals surface area contributed by atoms with Crippen LogP contribution in [0.25, 0.3) is 11.0 Å². The van der Waals surface area contributed by atoms with Crippen molar-refractivity contribution in [3.8, 4) is 0 Å². The van der Waals surface area contributed by atoms with E-state index in [-0.39, 0.29) is 17.4 Å². The van der Waals surface area contributed by atoms with Gasteiger partial charge < -0.3 is 19.5 Å². The van der Waals surface area contributed by atoms with Crippen LogP contribution in [0.4, 0.5) is 5.69 Å². The smallest absolute Gasteiger partial charge is 0.192 e. The van der Waals surface area contributed by atoms with E-state index in [1.54, 1.807) is 6.20 Å². The molecule has 0 radical (unpaired) electrons. The van der Waals surface area contributed by atoms with Gasteiger partial charge >= 0.3 is 0 Å². The molecular formula is C18H29N3O2Si. The number of ether oxygens (including phenoxy) is 1. The number of rotatable bonds is 4. The van der Waals surface area contributed by atoms with Crippen LogP contribution < -0.4 is 5.73 Å². The molecule has 0 aromatic carbocycles. The first-order chi connectivity index (χ1) is 11.2. The lowest BCUT2D eigenvalue weighted by atomic mass is 10.2. The molecule has 1 fully saturated rings. The maximum Gasteiger partial charge on any atom is 0.192 e. The van der Waals surface area contributed by atoms with Crippen molar-refractivity contribution < 1.29 is 9.16 Å². The Hall–Kier alpha value is -1.37. The minimum atomic E-state index is -1.73. The first-order valence-electron chi connectivity index (χ1n) is 8.69. The van der Waals surface area contributed by atoms with E-state index in [1.807, 2.05) is 18.3 Å². The highest BCUT2D eigenvalue weighted by Crippen LogP contribution is 2.38. The number of pyridine rings is 1. The first-order valence-corrected chi connectivity index (χ1v) is 11.6. The predicted molar refractivity (Wildman–Crippen MR) is 100 cm³/mol. The van der Waals surface area contributed by atoms with E-state index in [1.165, 1.54) is 0 Å². The number of anilines is 1. The lowest BCUT2D eigenvalue weighted by Crippen LogP contribution is -2.42. The van der Waals surface area contributed by atoms with E-state index in [2.05, 4.69) is 43.4 Å². The standard InChI is InChI=1S/C18H29N3O2Si/c1-18(2,3)24(4,5)22-12-13-6-7-16(23-13)21-11-9-14-15(19)8-10-20-17(14)21/h8-11,13,16H,6-7,12H2,1-5H3,(H2,19,20)/t13-,16-/m0/s1. The fraction of sp³-hybridized carbons (Fsp3) is 0.611. The molecule has 0 spiro atoms. The molecule has 2 aromatic rings. The molecule has 0 bridgehead atoms. The van der Waals surface area contributed by atoms with Gasteiger partial charge in [-0.15, -0.1) is 0 Å². The van der Waals surface area contributed by atoms with Gasteiger partial charge in [-0.3, -0.25) is 0 Å². The first kappa shape index (κ1) is 17.4. The summed E-state index contributed by atoms with van der Waals surface area (Å²) >= 11 is 0. The fourth-order valence-electron chi connectivity index (χ4n) is 2.84. The van der Waals surface area contributed by atoms with Crippen LogP contribution in [0.3, 0.4) is 0 Å². The van der Waals surface area contributed by atoms with Crippen LogP contribution in [0.1, 0.15) is 39.8 Å². The van der Waals surface area contributed by atoms with Gasteiger partial charge in [-0.1, -0.05) is 20.8 Å². The molecule has 5 nitrogen and oxygen atoms in total. The minimum Gasteiger partial charge on any atom is -0.414 e. The van der Waals surface area contributed by atoms with Crippen molar-refractivity contribution >= 4 is 25.0 Å². The zero-order chi connectivity index (χ0) is 17.5. The van der Waals surface area contributed by atoms with Crippen LogP contribution in [-0.4, -0.2) is 30.6 Å². The van der Waals surface area contributed by atoms with Crippen LogP contribution in [0, 0.1) is 0 Å². The van der Waals surface area contributed by atoms with Crippen LogP contribution in [0.15, 0.2) is 24.5 Å². The second-order valence-electron chi connectivity index (χ2n) is 8.22. The van der Waals surface area contributed by atoms with Crippen molar-refractivity contribution in [2.45, 2.75) is 64.1 Å². The molecule has 2 N–H and O–H groups in total. The molecule has 0 aliphatic carbocycles. The number of hydrogen-bond donors (Lipinski definition) is 1. The number of fused-ring (bicyclic) bond motifs is 1. The summed E-state index contributed by atoms with van der Waals surface area (Å²) in [4.78, 5) is 4.47. The number of nitrogens with two attached hydrogens (primary N) is 1. The Morgan fingerprint density at radius 2 is 2.08 bits per heavy atom. The molecule has 2 atom stereocenters. The topological polar surface area (TPSA) is 62.3 Å². The minimum absolute atomic E-state index is 0.0183. The second-order valence-corrected chi connectivity index (χ2v) is 13.0. The van der Waals surface area contributed by atoms with Crippen LogP contribution in [0.5, 0.6) is 0 Å². The summed E-state index contributed by atoms with van der Waals surface area (Å²) in [5.74, 6) is 0. The van der Waals surface area contributed by atoms with Gasteiger partial charge in [0.05, 0.1) is 12.7 Å². The van der Waals surface area contributed by atoms with Crippen molar-refractivity contribution in [2.24, 2.45) is 0 Å². The van der Waals surface area contributed by atoms with Crippen LogP contribution in [-0.2, 0) is 9.16 Å². The Morgan fingerprint density at radius 1 is 1.33 bits per heavy atom. The van der Waals surface area contributed by atoms with Gasteiger partial charge in [-0.05, 0) is 43.1 Å². The van der Waals surface area contributed by atoms with Crippen molar-refractivity contribution in [1.29, 1.82) is 0 Å². The highest BCUT2D eigenvalue weighted by atomic mass is 28.4. The van der Waals surface area contributed by atoms with Gasteiger partial charge in [0.15, 0.2) is 8.32 Å². The van der Waals surface area contributed by atoms with Gasteiger partial charge in [0.25, 0.3) is 0 Å². The maximum atomic E-state index is 6.32. The third-order valence-electron chi connectivity index (χ3n) is 5.48. The molecule has 132 valence electrons. The lowest BCUT2D eigenvalue weighted by molar-refractivity contribution is -0.0179. The molecule has 3 rings (SSSR count). The number of nitrogen functional groups attached to an aromatic ring is 1. The average Bonchev–Trinajstić information content (AvgIpc) is 3.10. The van der Waals surface area contributed by atoms with E-state index in [0.29, 0.717) is 6.61 Å². The van der Waals surface area contributed by atoms with E-state index >= 15 is 0 Å². The Balaban J connectivity index is 1.66. The Bertz CT molecular complexity index is 721. The molecular weight excluding hydrogens is 318 g/mol. The van der Waals surface area contributed by atoms with Gasteiger partial charge in [0.2, 0.25) is 0 Å². The zero-order valence-corrected chi connectivity index (χ0v) is 16.4. The summed E-state index contributed by atoms with van der Waals surface area (Å²) in [7, 11) is -1.73. The van der Waals surface area contributed by atoms with Crippen molar-refractivity contribution in [1.82, 2.24) is 9.55 Å². The summed E-state index contributed by atoms with van der Waals surface area (Å²) in [6.45, 7) is 12.0. The summed E-state index contributed by atoms with van der Waals surface area (Å²) < 4.78 is 14.7. The molecule has 6 heteroatoms. The van der Waals surface area contributed by atoms with Gasteiger partial charge in [-0.2, -0.15) is 0 Å². The summed E-state index contributed by atoms with van der Waals surface area (Å²) in [6.07, 6.45) is 5.94. The van der Waals surface area contributed by atoms with E-state index < -0.39 is 8.32 Å². The van der Waals surface area contributed by atoms with Crippen molar-refractivity contribution in [3.05, 3.63) is 24.5 Å². The van der Waals surface area contributed by atoms with Crippen LogP contribution >= 0.6 is 0 Å². The average molecular weight is 348 g/mol. The Kier molecular flexibility index (Phi) is 4.48.